The maximum atomic E-state index is 12.1. The van der Waals surface area contributed by atoms with E-state index < -0.39 is 5.97 Å². The van der Waals surface area contributed by atoms with Crippen molar-refractivity contribution in [2.24, 2.45) is 0 Å². The molecule has 3 N–H and O–H groups in total. The van der Waals surface area contributed by atoms with E-state index in [2.05, 4.69) is 25.4 Å². The normalized spacial score (nSPS) is 14.4. The fraction of sp³-hybridized carbons (Fsp3) is 0.412. The van der Waals surface area contributed by atoms with Crippen molar-refractivity contribution in [2.45, 2.75) is 45.3 Å². The highest BCUT2D eigenvalue weighted by atomic mass is 16.4. The van der Waals surface area contributed by atoms with Gasteiger partial charge in [-0.25, -0.2) is 9.59 Å². The van der Waals surface area contributed by atoms with Gasteiger partial charge in [-0.3, -0.25) is 0 Å². The van der Waals surface area contributed by atoms with Gasteiger partial charge in [-0.1, -0.05) is 12.1 Å². The molecule has 0 saturated heterocycles. The summed E-state index contributed by atoms with van der Waals surface area (Å²) >= 11 is 0. The minimum atomic E-state index is -0.970. The Morgan fingerprint density at radius 1 is 1.24 bits per heavy atom. The number of amides is 2. The van der Waals surface area contributed by atoms with Crippen LogP contribution in [0.25, 0.3) is 0 Å². The molecule has 1 aliphatic heterocycles. The van der Waals surface area contributed by atoms with Crippen LogP contribution in [0.5, 0.6) is 0 Å². The number of rotatable bonds is 5. The first-order valence-electron chi connectivity index (χ1n) is 8.33. The predicted molar refractivity (Wildman–Crippen MR) is 90.1 cm³/mol. The number of benzene rings is 1. The van der Waals surface area contributed by atoms with Gasteiger partial charge in [-0.15, -0.1) is 10.2 Å². The van der Waals surface area contributed by atoms with E-state index in [0.29, 0.717) is 6.54 Å². The number of carbonyl (C=O) groups is 2. The zero-order chi connectivity index (χ0) is 17.8. The molecule has 0 aliphatic carbocycles. The molecule has 2 amide bonds. The first kappa shape index (κ1) is 16.9. The summed E-state index contributed by atoms with van der Waals surface area (Å²) in [4.78, 5) is 22.9. The lowest BCUT2D eigenvalue weighted by Crippen LogP contribution is -2.37. The summed E-state index contributed by atoms with van der Waals surface area (Å²) in [5, 5.41) is 22.9. The Bertz CT molecular complexity index is 769. The van der Waals surface area contributed by atoms with Crippen LogP contribution in [0, 0.1) is 0 Å². The van der Waals surface area contributed by atoms with Gasteiger partial charge in [0.15, 0.2) is 5.82 Å². The van der Waals surface area contributed by atoms with Crippen molar-refractivity contribution in [1.82, 2.24) is 25.4 Å². The standard InChI is InChI=1S/C17H21N5O3/c1-11(15-21-20-14-4-2-3-9-22(14)15)19-17(25)18-10-12-5-7-13(8-6-12)16(23)24/h5-8,11H,2-4,9-10H2,1H3,(H,23,24)(H2,18,19,25). The molecule has 1 aromatic heterocycles. The number of carboxylic acids is 1. The maximum absolute atomic E-state index is 12.1. The molecule has 8 heteroatoms. The predicted octanol–water partition coefficient (Wildman–Crippen LogP) is 1.87. The highest BCUT2D eigenvalue weighted by Gasteiger charge is 2.21. The number of hydrogen-bond donors (Lipinski definition) is 3. The number of urea groups is 1. The lowest BCUT2D eigenvalue weighted by atomic mass is 10.1. The molecule has 1 atom stereocenters. The first-order chi connectivity index (χ1) is 12.0. The summed E-state index contributed by atoms with van der Waals surface area (Å²) in [6.45, 7) is 3.09. The number of nitrogens with zero attached hydrogens (tertiary/aromatic N) is 3. The van der Waals surface area contributed by atoms with Crippen LogP contribution >= 0.6 is 0 Å². The fourth-order valence-corrected chi connectivity index (χ4v) is 2.91. The molecule has 1 aliphatic rings. The third kappa shape index (κ3) is 3.96. The fourth-order valence-electron chi connectivity index (χ4n) is 2.91. The highest BCUT2D eigenvalue weighted by Crippen LogP contribution is 2.18. The number of hydrogen-bond acceptors (Lipinski definition) is 4. The molecule has 1 aromatic carbocycles. The van der Waals surface area contributed by atoms with Gasteiger partial charge < -0.3 is 20.3 Å². The molecule has 2 aromatic rings. The maximum Gasteiger partial charge on any atom is 0.335 e. The Labute approximate surface area is 145 Å². The molecule has 8 nitrogen and oxygen atoms in total. The number of carboxylic acid groups (broad SMARTS) is 1. The molecule has 0 fully saturated rings. The van der Waals surface area contributed by atoms with E-state index in [9.17, 15) is 9.59 Å². The average Bonchev–Trinajstić information content (AvgIpc) is 3.04. The van der Waals surface area contributed by atoms with Crippen LogP contribution in [0.2, 0.25) is 0 Å². The second kappa shape index (κ2) is 7.33. The Morgan fingerprint density at radius 3 is 2.72 bits per heavy atom. The van der Waals surface area contributed by atoms with E-state index in [0.717, 1.165) is 43.0 Å². The number of fused-ring (bicyclic) bond motifs is 1. The quantitative estimate of drug-likeness (QED) is 0.768. The van der Waals surface area contributed by atoms with Gasteiger partial charge in [0.25, 0.3) is 0 Å². The van der Waals surface area contributed by atoms with Crippen LogP contribution in [0.4, 0.5) is 4.79 Å². The van der Waals surface area contributed by atoms with Gasteiger partial charge in [-0.05, 0) is 37.5 Å². The molecule has 0 spiro atoms. The van der Waals surface area contributed by atoms with Crippen LogP contribution < -0.4 is 10.6 Å². The summed E-state index contributed by atoms with van der Waals surface area (Å²) in [7, 11) is 0. The van der Waals surface area contributed by atoms with Crippen LogP contribution in [-0.2, 0) is 19.5 Å². The molecular formula is C17H21N5O3. The van der Waals surface area contributed by atoms with E-state index in [1.165, 1.54) is 12.1 Å². The summed E-state index contributed by atoms with van der Waals surface area (Å²) in [5.74, 6) is 0.784. The van der Waals surface area contributed by atoms with Crippen LogP contribution in [0.3, 0.4) is 0 Å². The molecular weight excluding hydrogens is 322 g/mol. The summed E-state index contributed by atoms with van der Waals surface area (Å²) in [5.41, 5.74) is 1.05. The van der Waals surface area contributed by atoms with E-state index in [4.69, 9.17) is 5.11 Å². The smallest absolute Gasteiger partial charge is 0.335 e. The SMILES string of the molecule is CC(NC(=O)NCc1ccc(C(=O)O)cc1)c1nnc2n1CCCC2. The molecule has 0 bridgehead atoms. The van der Waals surface area contributed by atoms with Crippen molar-refractivity contribution in [1.29, 1.82) is 0 Å². The van der Waals surface area contributed by atoms with E-state index in [-0.39, 0.29) is 17.6 Å². The van der Waals surface area contributed by atoms with Crippen LogP contribution in [0.15, 0.2) is 24.3 Å². The van der Waals surface area contributed by atoms with Gasteiger partial charge in [0.2, 0.25) is 0 Å². The van der Waals surface area contributed by atoms with Gasteiger partial charge in [0, 0.05) is 19.5 Å². The zero-order valence-electron chi connectivity index (χ0n) is 14.0. The van der Waals surface area contributed by atoms with Crippen molar-refractivity contribution in [2.75, 3.05) is 0 Å². The zero-order valence-corrected chi connectivity index (χ0v) is 14.0. The third-order valence-electron chi connectivity index (χ3n) is 4.28. The number of carbonyl (C=O) groups excluding carboxylic acids is 1. The number of aryl methyl sites for hydroxylation is 1. The number of aromatic carboxylic acids is 1. The Balaban J connectivity index is 1.53. The molecule has 0 saturated carbocycles. The van der Waals surface area contributed by atoms with Crippen LogP contribution in [-0.4, -0.2) is 31.9 Å². The van der Waals surface area contributed by atoms with Gasteiger partial charge >= 0.3 is 12.0 Å². The topological polar surface area (TPSA) is 109 Å². The monoisotopic (exact) mass is 343 g/mol. The lowest BCUT2D eigenvalue weighted by Gasteiger charge is -2.19. The lowest BCUT2D eigenvalue weighted by molar-refractivity contribution is 0.0697. The molecule has 25 heavy (non-hydrogen) atoms. The first-order valence-corrected chi connectivity index (χ1v) is 8.33. The van der Waals surface area contributed by atoms with Gasteiger partial charge in [0.05, 0.1) is 11.6 Å². The van der Waals surface area contributed by atoms with Gasteiger partial charge in [0.1, 0.15) is 5.82 Å². The van der Waals surface area contributed by atoms with Crippen molar-refractivity contribution in [3.63, 3.8) is 0 Å². The molecule has 2 heterocycles. The van der Waals surface area contributed by atoms with Crippen molar-refractivity contribution in [3.05, 3.63) is 47.0 Å². The number of nitrogens with one attached hydrogen (secondary N) is 2. The average molecular weight is 343 g/mol. The Hall–Kier alpha value is -2.90. The summed E-state index contributed by atoms with van der Waals surface area (Å²) < 4.78 is 2.08. The third-order valence-corrected chi connectivity index (χ3v) is 4.28. The molecule has 3 rings (SSSR count). The highest BCUT2D eigenvalue weighted by molar-refractivity contribution is 5.87. The number of aromatic nitrogens is 3. The van der Waals surface area contributed by atoms with E-state index >= 15 is 0 Å². The van der Waals surface area contributed by atoms with E-state index in [1.54, 1.807) is 12.1 Å². The Kier molecular flexibility index (Phi) is 4.97. The largest absolute Gasteiger partial charge is 0.478 e. The summed E-state index contributed by atoms with van der Waals surface area (Å²) in [6, 6.07) is 5.85. The summed E-state index contributed by atoms with van der Waals surface area (Å²) in [6.07, 6.45) is 3.16. The Morgan fingerprint density at radius 2 is 2.00 bits per heavy atom. The molecule has 0 radical (unpaired) electrons. The second-order valence-corrected chi connectivity index (χ2v) is 6.13. The van der Waals surface area contributed by atoms with Crippen molar-refractivity contribution < 1.29 is 14.7 Å². The minimum absolute atomic E-state index is 0.221. The van der Waals surface area contributed by atoms with Crippen molar-refractivity contribution in [3.8, 4) is 0 Å². The van der Waals surface area contributed by atoms with Crippen molar-refractivity contribution >= 4 is 12.0 Å². The minimum Gasteiger partial charge on any atom is -0.478 e. The van der Waals surface area contributed by atoms with Gasteiger partial charge in [-0.2, -0.15) is 0 Å². The molecule has 132 valence electrons. The van der Waals surface area contributed by atoms with Crippen LogP contribution in [0.1, 0.15) is 53.4 Å². The second-order valence-electron chi connectivity index (χ2n) is 6.13. The molecule has 1 unspecified atom stereocenters. The van der Waals surface area contributed by atoms with E-state index in [1.807, 2.05) is 6.92 Å².